The van der Waals surface area contributed by atoms with Gasteiger partial charge in [-0.15, -0.1) is 11.3 Å². The number of thiophene rings is 1. The number of nitrogens with one attached hydrogen (secondary N) is 1. The normalized spacial score (nSPS) is 37.9. The van der Waals surface area contributed by atoms with Gasteiger partial charge in [0.05, 0.1) is 5.56 Å². The van der Waals surface area contributed by atoms with E-state index in [1.807, 2.05) is 0 Å². The predicted molar refractivity (Wildman–Crippen MR) is 73.2 cm³/mol. The van der Waals surface area contributed by atoms with E-state index in [1.54, 1.807) is 0 Å². The second-order valence-corrected chi connectivity index (χ2v) is 8.95. The molecule has 1 heterocycles. The first kappa shape index (κ1) is 12.8. The van der Waals surface area contributed by atoms with Crippen LogP contribution in [-0.2, 0) is 10.0 Å². The zero-order valence-corrected chi connectivity index (χ0v) is 12.3. The quantitative estimate of drug-likeness (QED) is 0.887. The highest BCUT2D eigenvalue weighted by atomic mass is 32.2. The van der Waals surface area contributed by atoms with E-state index < -0.39 is 16.0 Å². The molecule has 5 nitrogen and oxygen atoms in total. The summed E-state index contributed by atoms with van der Waals surface area (Å²) in [4.78, 5) is 10.8. The first-order chi connectivity index (χ1) is 9.47. The summed E-state index contributed by atoms with van der Waals surface area (Å²) in [6.07, 6.45) is 3.76. The molecule has 0 aromatic carbocycles. The molecule has 108 valence electrons. The number of carbonyl (C=O) groups is 1. The van der Waals surface area contributed by atoms with Crippen LogP contribution in [0.5, 0.6) is 0 Å². The minimum absolute atomic E-state index is 0.0337. The van der Waals surface area contributed by atoms with Crippen molar-refractivity contribution in [3.05, 3.63) is 17.0 Å². The molecule has 0 spiro atoms. The Morgan fingerprint density at radius 2 is 1.95 bits per heavy atom. The number of hydrogen-bond acceptors (Lipinski definition) is 4. The molecule has 0 saturated heterocycles. The van der Waals surface area contributed by atoms with E-state index >= 15 is 0 Å². The van der Waals surface area contributed by atoms with Crippen LogP contribution in [-0.4, -0.2) is 25.5 Å². The van der Waals surface area contributed by atoms with E-state index in [0.717, 1.165) is 11.3 Å². The third-order valence-corrected chi connectivity index (χ3v) is 8.01. The molecule has 4 rings (SSSR count). The Balaban J connectivity index is 1.52. The monoisotopic (exact) mass is 313 g/mol. The smallest absolute Gasteiger partial charge is 0.336 e. The molecule has 0 amide bonds. The van der Waals surface area contributed by atoms with Crippen LogP contribution in [0, 0.1) is 23.7 Å². The van der Waals surface area contributed by atoms with Gasteiger partial charge in [0.2, 0.25) is 10.0 Å². The molecule has 2 N–H and O–H groups in total. The molecule has 3 aliphatic rings. The van der Waals surface area contributed by atoms with Crippen molar-refractivity contribution in [2.75, 3.05) is 0 Å². The Morgan fingerprint density at radius 3 is 2.50 bits per heavy atom. The van der Waals surface area contributed by atoms with Crippen molar-refractivity contribution in [2.45, 2.75) is 29.5 Å². The van der Waals surface area contributed by atoms with Crippen LogP contribution in [0.15, 0.2) is 15.7 Å². The van der Waals surface area contributed by atoms with Gasteiger partial charge in [0.15, 0.2) is 0 Å². The standard InChI is InChI=1S/C13H15NO4S2/c15-13(16)8-4-9(19-5-8)20(17,18)14-12-10-6-1-2-7(3-6)11(10)12/h4-7,10-12,14H,1-3H2,(H,15,16). The Kier molecular flexibility index (Phi) is 2.59. The summed E-state index contributed by atoms with van der Waals surface area (Å²) in [7, 11) is -3.57. The maximum Gasteiger partial charge on any atom is 0.336 e. The average Bonchev–Trinajstić information content (AvgIpc) is 2.88. The summed E-state index contributed by atoms with van der Waals surface area (Å²) in [6, 6.07) is 1.32. The molecule has 3 fully saturated rings. The molecular weight excluding hydrogens is 298 g/mol. The van der Waals surface area contributed by atoms with Crippen molar-refractivity contribution in [1.29, 1.82) is 0 Å². The van der Waals surface area contributed by atoms with E-state index in [0.29, 0.717) is 23.7 Å². The maximum absolute atomic E-state index is 12.3. The van der Waals surface area contributed by atoms with Crippen molar-refractivity contribution in [3.63, 3.8) is 0 Å². The Hall–Kier alpha value is -0.920. The van der Waals surface area contributed by atoms with Gasteiger partial charge in [0.1, 0.15) is 4.21 Å². The third-order valence-electron chi connectivity index (χ3n) is 5.11. The summed E-state index contributed by atoms with van der Waals surface area (Å²) in [5, 5.41) is 10.2. The zero-order valence-electron chi connectivity index (χ0n) is 10.7. The first-order valence-corrected chi connectivity index (χ1v) is 9.18. The van der Waals surface area contributed by atoms with E-state index in [2.05, 4.69) is 4.72 Å². The van der Waals surface area contributed by atoms with E-state index in [-0.39, 0.29) is 15.8 Å². The van der Waals surface area contributed by atoms with Crippen molar-refractivity contribution in [1.82, 2.24) is 4.72 Å². The fraction of sp³-hybridized carbons (Fsp3) is 0.615. The van der Waals surface area contributed by atoms with Gasteiger partial charge >= 0.3 is 5.97 Å². The summed E-state index contributed by atoms with van der Waals surface area (Å²) in [6.45, 7) is 0. The van der Waals surface area contributed by atoms with Crippen LogP contribution in [0.3, 0.4) is 0 Å². The largest absolute Gasteiger partial charge is 0.478 e. The topological polar surface area (TPSA) is 83.5 Å². The molecule has 1 aromatic rings. The molecule has 3 saturated carbocycles. The molecular formula is C13H15NO4S2. The molecule has 2 bridgehead atoms. The van der Waals surface area contributed by atoms with Crippen molar-refractivity contribution in [3.8, 4) is 0 Å². The van der Waals surface area contributed by atoms with Crippen molar-refractivity contribution < 1.29 is 18.3 Å². The second-order valence-electron chi connectivity index (χ2n) is 6.09. The second kappa shape index (κ2) is 4.05. The highest BCUT2D eigenvalue weighted by molar-refractivity contribution is 7.91. The molecule has 0 radical (unpaired) electrons. The van der Waals surface area contributed by atoms with Crippen molar-refractivity contribution in [2.24, 2.45) is 23.7 Å². The van der Waals surface area contributed by atoms with E-state index in [9.17, 15) is 13.2 Å². The zero-order chi connectivity index (χ0) is 14.1. The number of aromatic carboxylic acids is 1. The fourth-order valence-corrected chi connectivity index (χ4v) is 6.76. The van der Waals surface area contributed by atoms with Crippen molar-refractivity contribution >= 4 is 27.3 Å². The summed E-state index contributed by atoms with van der Waals surface area (Å²) >= 11 is 0.969. The Morgan fingerprint density at radius 1 is 1.30 bits per heavy atom. The summed E-state index contributed by atoms with van der Waals surface area (Å²) < 4.78 is 27.5. The predicted octanol–water partition coefficient (Wildman–Crippen LogP) is 1.77. The van der Waals surface area contributed by atoms with Gasteiger partial charge in [-0.3, -0.25) is 0 Å². The van der Waals surface area contributed by atoms with Gasteiger partial charge in [-0.25, -0.2) is 17.9 Å². The highest BCUT2D eigenvalue weighted by Crippen LogP contribution is 2.65. The van der Waals surface area contributed by atoms with Gasteiger partial charge in [-0.2, -0.15) is 0 Å². The summed E-state index contributed by atoms with van der Waals surface area (Å²) in [5.41, 5.74) is 0.0337. The lowest BCUT2D eigenvalue weighted by Gasteiger charge is -2.10. The lowest BCUT2D eigenvalue weighted by atomic mass is 10.0. The minimum atomic E-state index is -3.57. The van der Waals surface area contributed by atoms with Crippen LogP contribution in [0.1, 0.15) is 29.6 Å². The minimum Gasteiger partial charge on any atom is -0.478 e. The van der Waals surface area contributed by atoms with Crippen LogP contribution in [0.2, 0.25) is 0 Å². The number of rotatable bonds is 4. The number of hydrogen-bond donors (Lipinski definition) is 2. The van der Waals surface area contributed by atoms with Gasteiger partial charge in [-0.05, 0) is 49.0 Å². The lowest BCUT2D eigenvalue weighted by molar-refractivity contribution is 0.0697. The third kappa shape index (κ3) is 1.76. The van der Waals surface area contributed by atoms with Gasteiger partial charge in [0, 0.05) is 11.4 Å². The molecule has 1 aromatic heterocycles. The fourth-order valence-electron chi connectivity index (χ4n) is 4.29. The first-order valence-electron chi connectivity index (χ1n) is 6.81. The number of carboxylic acid groups (broad SMARTS) is 1. The Labute approximate surface area is 121 Å². The molecule has 4 unspecified atom stereocenters. The van der Waals surface area contributed by atoms with Gasteiger partial charge in [0.25, 0.3) is 0 Å². The summed E-state index contributed by atoms with van der Waals surface area (Å²) in [5.74, 6) is 1.38. The van der Waals surface area contributed by atoms with Gasteiger partial charge in [-0.1, -0.05) is 0 Å². The van der Waals surface area contributed by atoms with Crippen LogP contribution in [0.4, 0.5) is 0 Å². The average molecular weight is 313 g/mol. The molecule has 3 aliphatic carbocycles. The number of fused-ring (bicyclic) bond motifs is 5. The van der Waals surface area contributed by atoms with Gasteiger partial charge < -0.3 is 5.11 Å². The Bertz CT molecular complexity index is 664. The van der Waals surface area contributed by atoms with E-state index in [1.165, 1.54) is 30.7 Å². The highest BCUT2D eigenvalue weighted by Gasteiger charge is 2.65. The molecule has 20 heavy (non-hydrogen) atoms. The van der Waals surface area contributed by atoms with Crippen LogP contribution < -0.4 is 4.72 Å². The molecule has 0 aliphatic heterocycles. The maximum atomic E-state index is 12.3. The lowest BCUT2D eigenvalue weighted by Crippen LogP contribution is -2.29. The van der Waals surface area contributed by atoms with E-state index in [4.69, 9.17) is 5.11 Å². The van der Waals surface area contributed by atoms with Crippen LogP contribution in [0.25, 0.3) is 0 Å². The SMILES string of the molecule is O=C(O)c1csc(S(=O)(=O)NC2C3C4CCC(C4)C23)c1. The number of carboxylic acids is 1. The van der Waals surface area contributed by atoms with Crippen LogP contribution >= 0.6 is 11.3 Å². The molecule has 4 atom stereocenters. The molecule has 7 heteroatoms. The number of sulfonamides is 1.